The van der Waals surface area contributed by atoms with Crippen LogP contribution >= 0.6 is 0 Å². The summed E-state index contributed by atoms with van der Waals surface area (Å²) in [6.45, 7) is 11.6. The lowest BCUT2D eigenvalue weighted by molar-refractivity contribution is -0.134. The van der Waals surface area contributed by atoms with Gasteiger partial charge in [0.15, 0.2) is 0 Å². The molecule has 1 aromatic carbocycles. The van der Waals surface area contributed by atoms with E-state index in [1.54, 1.807) is 26.8 Å². The molecule has 1 rings (SSSR count). The van der Waals surface area contributed by atoms with Crippen LogP contribution in [0.15, 0.2) is 24.3 Å². The van der Waals surface area contributed by atoms with E-state index >= 15 is 0 Å². The molecule has 178 valence electrons. The third kappa shape index (κ3) is 12.0. The molecule has 0 fully saturated rings. The zero-order chi connectivity index (χ0) is 24.4. The Kier molecular flexibility index (Phi) is 10.2. The fourth-order valence-corrected chi connectivity index (χ4v) is 2.69. The van der Waals surface area contributed by atoms with Crippen molar-refractivity contribution in [1.29, 1.82) is 0 Å². The van der Waals surface area contributed by atoms with Crippen molar-refractivity contribution in [3.05, 3.63) is 41.0 Å². The van der Waals surface area contributed by atoms with Crippen LogP contribution in [0, 0.1) is 0 Å². The standard InChI is InChI=1S/C24H36N2O6/c1-23(2,3)31-21(28)25-14-12-18-10-8-17(9-11-20(27)30-7)16-19(18)13-15-26-22(29)32-24(4,5)6/h8-11,16H,12-15H2,1-7H3,(H,25,28)(H,26,29)/b11-9+. The highest BCUT2D eigenvalue weighted by atomic mass is 16.6. The van der Waals surface area contributed by atoms with Gasteiger partial charge in [-0.25, -0.2) is 14.4 Å². The van der Waals surface area contributed by atoms with E-state index in [2.05, 4.69) is 15.4 Å². The third-order valence-electron chi connectivity index (χ3n) is 3.97. The summed E-state index contributed by atoms with van der Waals surface area (Å²) < 4.78 is 15.1. The summed E-state index contributed by atoms with van der Waals surface area (Å²) in [4.78, 5) is 35.2. The summed E-state index contributed by atoms with van der Waals surface area (Å²) in [5, 5.41) is 5.50. The Morgan fingerprint density at radius 3 is 1.81 bits per heavy atom. The van der Waals surface area contributed by atoms with Crippen LogP contribution in [0.5, 0.6) is 0 Å². The molecule has 0 heterocycles. The van der Waals surface area contributed by atoms with E-state index < -0.39 is 29.4 Å². The number of benzene rings is 1. The van der Waals surface area contributed by atoms with E-state index in [9.17, 15) is 14.4 Å². The van der Waals surface area contributed by atoms with Crippen molar-refractivity contribution >= 4 is 24.2 Å². The Morgan fingerprint density at radius 2 is 1.34 bits per heavy atom. The van der Waals surface area contributed by atoms with Gasteiger partial charge in [0.25, 0.3) is 0 Å². The molecule has 8 heteroatoms. The lowest BCUT2D eigenvalue weighted by Crippen LogP contribution is -2.34. The molecule has 0 radical (unpaired) electrons. The van der Waals surface area contributed by atoms with Crippen LogP contribution in [-0.2, 0) is 31.8 Å². The number of hydrogen-bond donors (Lipinski definition) is 2. The molecule has 0 saturated carbocycles. The van der Waals surface area contributed by atoms with Crippen LogP contribution in [0.25, 0.3) is 6.08 Å². The lowest BCUT2D eigenvalue weighted by atomic mass is 9.98. The molecule has 1 aromatic rings. The van der Waals surface area contributed by atoms with Gasteiger partial charge in [-0.2, -0.15) is 0 Å². The Labute approximate surface area is 190 Å². The molecule has 0 spiro atoms. The average molecular weight is 449 g/mol. The van der Waals surface area contributed by atoms with Gasteiger partial charge in [0.1, 0.15) is 11.2 Å². The normalized spacial score (nSPS) is 11.7. The molecule has 8 nitrogen and oxygen atoms in total. The van der Waals surface area contributed by atoms with Crippen molar-refractivity contribution < 1.29 is 28.6 Å². The SMILES string of the molecule is COC(=O)/C=C/c1ccc(CCNC(=O)OC(C)(C)C)c(CCNC(=O)OC(C)(C)C)c1. The zero-order valence-electron chi connectivity index (χ0n) is 20.2. The fraction of sp³-hybridized carbons (Fsp3) is 0.542. The summed E-state index contributed by atoms with van der Waals surface area (Å²) in [6.07, 6.45) is 3.21. The minimum absolute atomic E-state index is 0.381. The first-order chi connectivity index (χ1) is 14.8. The first-order valence-corrected chi connectivity index (χ1v) is 10.6. The van der Waals surface area contributed by atoms with Crippen LogP contribution in [0.4, 0.5) is 9.59 Å². The number of carbonyl (C=O) groups excluding carboxylic acids is 3. The molecule has 0 aliphatic carbocycles. The monoisotopic (exact) mass is 448 g/mol. The van der Waals surface area contributed by atoms with Crippen LogP contribution in [0.1, 0.15) is 58.2 Å². The van der Waals surface area contributed by atoms with Gasteiger partial charge in [-0.3, -0.25) is 0 Å². The highest BCUT2D eigenvalue weighted by Gasteiger charge is 2.17. The third-order valence-corrected chi connectivity index (χ3v) is 3.97. The van der Waals surface area contributed by atoms with E-state index in [1.807, 2.05) is 39.0 Å². The molecule has 2 N–H and O–H groups in total. The second-order valence-corrected chi connectivity index (χ2v) is 9.24. The smallest absolute Gasteiger partial charge is 0.407 e. The Morgan fingerprint density at radius 1 is 0.844 bits per heavy atom. The maximum atomic E-state index is 11.9. The Bertz CT molecular complexity index is 819. The quantitative estimate of drug-likeness (QED) is 0.354. The van der Waals surface area contributed by atoms with Gasteiger partial charge in [-0.15, -0.1) is 0 Å². The predicted molar refractivity (Wildman–Crippen MR) is 123 cm³/mol. The Balaban J connectivity index is 2.83. The van der Waals surface area contributed by atoms with E-state index in [1.165, 1.54) is 13.2 Å². The van der Waals surface area contributed by atoms with Crippen molar-refractivity contribution in [2.45, 2.75) is 65.6 Å². The van der Waals surface area contributed by atoms with Crippen LogP contribution in [0.3, 0.4) is 0 Å². The van der Waals surface area contributed by atoms with Gasteiger partial charge in [-0.05, 0) is 77.2 Å². The zero-order valence-corrected chi connectivity index (χ0v) is 20.2. The van der Waals surface area contributed by atoms with Crippen LogP contribution in [0.2, 0.25) is 0 Å². The van der Waals surface area contributed by atoms with Crippen molar-refractivity contribution in [2.75, 3.05) is 20.2 Å². The lowest BCUT2D eigenvalue weighted by Gasteiger charge is -2.20. The number of rotatable bonds is 8. The van der Waals surface area contributed by atoms with Crippen LogP contribution < -0.4 is 10.6 Å². The van der Waals surface area contributed by atoms with Crippen molar-refractivity contribution in [2.24, 2.45) is 0 Å². The molecule has 2 amide bonds. The maximum Gasteiger partial charge on any atom is 0.407 e. The number of nitrogens with one attached hydrogen (secondary N) is 2. The van der Waals surface area contributed by atoms with Gasteiger partial charge in [-0.1, -0.05) is 18.2 Å². The van der Waals surface area contributed by atoms with E-state index in [0.29, 0.717) is 25.9 Å². The molecule has 0 atom stereocenters. The topological polar surface area (TPSA) is 103 Å². The summed E-state index contributed by atoms with van der Waals surface area (Å²) in [5.74, 6) is -0.441. The number of amides is 2. The van der Waals surface area contributed by atoms with E-state index in [4.69, 9.17) is 9.47 Å². The molecule has 0 unspecified atom stereocenters. The summed E-state index contributed by atoms with van der Waals surface area (Å²) >= 11 is 0. The molecule has 0 aromatic heterocycles. The largest absolute Gasteiger partial charge is 0.466 e. The van der Waals surface area contributed by atoms with Crippen molar-refractivity contribution in [3.8, 4) is 0 Å². The van der Waals surface area contributed by atoms with E-state index in [0.717, 1.165) is 16.7 Å². The minimum Gasteiger partial charge on any atom is -0.466 e. The van der Waals surface area contributed by atoms with Gasteiger partial charge < -0.3 is 24.8 Å². The molecular weight excluding hydrogens is 412 g/mol. The number of carbonyl (C=O) groups is 3. The molecular formula is C24H36N2O6. The number of esters is 1. The summed E-state index contributed by atoms with van der Waals surface area (Å²) in [5.41, 5.74) is 1.70. The molecule has 0 saturated heterocycles. The summed E-state index contributed by atoms with van der Waals surface area (Å²) in [7, 11) is 1.32. The van der Waals surface area contributed by atoms with E-state index in [-0.39, 0.29) is 0 Å². The predicted octanol–water partition coefficient (Wildman–Crippen LogP) is 4.01. The second-order valence-electron chi connectivity index (χ2n) is 9.24. The van der Waals surface area contributed by atoms with Gasteiger partial charge in [0.2, 0.25) is 0 Å². The molecule has 0 bridgehead atoms. The number of hydrogen-bond acceptors (Lipinski definition) is 6. The minimum atomic E-state index is -0.568. The number of ether oxygens (including phenoxy) is 3. The first-order valence-electron chi connectivity index (χ1n) is 10.6. The van der Waals surface area contributed by atoms with Crippen LogP contribution in [-0.4, -0.2) is 49.6 Å². The Hall–Kier alpha value is -3.03. The average Bonchev–Trinajstić information content (AvgIpc) is 2.64. The number of alkyl carbamates (subject to hydrolysis) is 2. The highest BCUT2D eigenvalue weighted by Crippen LogP contribution is 2.16. The molecule has 0 aliphatic rings. The maximum absolute atomic E-state index is 11.9. The summed E-state index contributed by atoms with van der Waals surface area (Å²) in [6, 6.07) is 5.77. The first kappa shape index (κ1) is 27.0. The van der Waals surface area contributed by atoms with Crippen molar-refractivity contribution in [3.63, 3.8) is 0 Å². The van der Waals surface area contributed by atoms with Gasteiger partial charge >= 0.3 is 18.2 Å². The second kappa shape index (κ2) is 12.1. The van der Waals surface area contributed by atoms with Gasteiger partial charge in [0.05, 0.1) is 7.11 Å². The molecule has 0 aliphatic heterocycles. The number of methoxy groups -OCH3 is 1. The van der Waals surface area contributed by atoms with Crippen molar-refractivity contribution in [1.82, 2.24) is 10.6 Å². The fourth-order valence-electron chi connectivity index (χ4n) is 2.69. The van der Waals surface area contributed by atoms with Gasteiger partial charge in [0, 0.05) is 19.2 Å². The highest BCUT2D eigenvalue weighted by molar-refractivity contribution is 5.86. The molecule has 32 heavy (non-hydrogen) atoms.